The van der Waals surface area contributed by atoms with Gasteiger partial charge in [-0.2, -0.15) is 0 Å². The number of aromatic amines is 1. The van der Waals surface area contributed by atoms with Crippen molar-refractivity contribution < 1.29 is 19.1 Å². The summed E-state index contributed by atoms with van der Waals surface area (Å²) < 4.78 is 11.1. The molecular weight excluding hydrogens is 416 g/mol. The van der Waals surface area contributed by atoms with Crippen molar-refractivity contribution in [2.24, 2.45) is 11.8 Å². The monoisotopic (exact) mass is 446 g/mol. The quantitative estimate of drug-likeness (QED) is 0.594. The molecule has 0 radical (unpaired) electrons. The van der Waals surface area contributed by atoms with Crippen molar-refractivity contribution in [3.63, 3.8) is 0 Å². The lowest BCUT2D eigenvalue weighted by molar-refractivity contribution is -0.162. The molecule has 5 rings (SSSR count). The number of fused-ring (bicyclic) bond motifs is 5. The molecule has 0 bridgehead atoms. The number of carbonyl (C=O) groups is 2. The maximum absolute atomic E-state index is 13.6. The van der Waals surface area contributed by atoms with Crippen LogP contribution in [0.15, 0.2) is 54.6 Å². The molecule has 0 amide bonds. The highest BCUT2D eigenvalue weighted by Crippen LogP contribution is 2.51. The minimum Gasteiger partial charge on any atom is -0.466 e. The van der Waals surface area contributed by atoms with Gasteiger partial charge in [-0.1, -0.05) is 48.5 Å². The van der Waals surface area contributed by atoms with Crippen LogP contribution in [0.1, 0.15) is 42.6 Å². The molecule has 1 aromatic heterocycles. The molecule has 1 saturated heterocycles. The van der Waals surface area contributed by atoms with Crippen molar-refractivity contribution in [1.82, 2.24) is 9.88 Å². The van der Waals surface area contributed by atoms with Crippen LogP contribution in [0.4, 0.5) is 0 Å². The highest BCUT2D eigenvalue weighted by Gasteiger charge is 2.53. The lowest BCUT2D eigenvalue weighted by atomic mass is 9.67. The number of benzene rings is 2. The van der Waals surface area contributed by atoms with E-state index in [0.29, 0.717) is 19.8 Å². The Balaban J connectivity index is 1.68. The number of hydrogen-bond acceptors (Lipinski definition) is 5. The van der Waals surface area contributed by atoms with Crippen molar-refractivity contribution in [2.45, 2.75) is 32.2 Å². The minimum absolute atomic E-state index is 0.184. The Hall–Kier alpha value is -3.12. The highest BCUT2D eigenvalue weighted by molar-refractivity contribution is 5.86. The number of nitrogens with zero attached hydrogens (tertiary/aromatic N) is 1. The number of para-hydroxylation sites is 1. The van der Waals surface area contributed by atoms with Gasteiger partial charge in [-0.3, -0.25) is 14.5 Å². The molecule has 6 heteroatoms. The fourth-order valence-corrected chi connectivity index (χ4v) is 5.84. The SMILES string of the molecule is CCOC(=O)[C@@H]1[C@H](c2ccccc2)[C@@H](C(=O)OCC)CN2CCc3c([nH]c4ccccc34)[C@H]12. The fourth-order valence-electron chi connectivity index (χ4n) is 5.84. The molecule has 4 atom stereocenters. The molecule has 0 aliphatic carbocycles. The van der Waals surface area contributed by atoms with Crippen molar-refractivity contribution in [2.75, 3.05) is 26.3 Å². The van der Waals surface area contributed by atoms with Crippen LogP contribution >= 0.6 is 0 Å². The lowest BCUT2D eigenvalue weighted by Gasteiger charge is -2.49. The molecule has 3 aromatic rings. The Kier molecular flexibility index (Phi) is 5.94. The third-order valence-electron chi connectivity index (χ3n) is 7.11. The molecule has 2 aliphatic heterocycles. The lowest BCUT2D eigenvalue weighted by Crippen LogP contribution is -2.54. The Morgan fingerprint density at radius 2 is 1.67 bits per heavy atom. The Labute approximate surface area is 193 Å². The summed E-state index contributed by atoms with van der Waals surface area (Å²) in [5.41, 5.74) is 4.39. The van der Waals surface area contributed by atoms with Crippen molar-refractivity contribution in [1.29, 1.82) is 0 Å². The predicted molar refractivity (Wildman–Crippen MR) is 126 cm³/mol. The van der Waals surface area contributed by atoms with Crippen molar-refractivity contribution in [3.8, 4) is 0 Å². The molecule has 0 saturated carbocycles. The van der Waals surface area contributed by atoms with E-state index in [1.54, 1.807) is 0 Å². The molecule has 2 aromatic carbocycles. The Morgan fingerprint density at radius 3 is 2.42 bits per heavy atom. The summed E-state index contributed by atoms with van der Waals surface area (Å²) in [5.74, 6) is -1.81. The average molecular weight is 447 g/mol. The van der Waals surface area contributed by atoms with Gasteiger partial charge in [0.1, 0.15) is 0 Å². The van der Waals surface area contributed by atoms with E-state index >= 15 is 0 Å². The third kappa shape index (κ3) is 3.72. The molecule has 1 N–H and O–H groups in total. The van der Waals surface area contributed by atoms with Crippen LogP contribution in [0.3, 0.4) is 0 Å². The molecule has 2 aliphatic rings. The van der Waals surface area contributed by atoms with E-state index in [4.69, 9.17) is 9.47 Å². The number of piperidine rings is 1. The summed E-state index contributed by atoms with van der Waals surface area (Å²) in [6.45, 7) is 5.60. The number of carbonyl (C=O) groups excluding carboxylic acids is 2. The summed E-state index contributed by atoms with van der Waals surface area (Å²) >= 11 is 0. The summed E-state index contributed by atoms with van der Waals surface area (Å²) in [4.78, 5) is 32.6. The largest absolute Gasteiger partial charge is 0.466 e. The first-order valence-electron chi connectivity index (χ1n) is 11.9. The van der Waals surface area contributed by atoms with Gasteiger partial charge >= 0.3 is 11.9 Å². The first kappa shape index (κ1) is 21.7. The van der Waals surface area contributed by atoms with E-state index in [2.05, 4.69) is 28.1 Å². The van der Waals surface area contributed by atoms with E-state index in [1.165, 1.54) is 10.9 Å². The van der Waals surface area contributed by atoms with Gasteiger partial charge in [-0.25, -0.2) is 0 Å². The molecule has 33 heavy (non-hydrogen) atoms. The number of ether oxygens (including phenoxy) is 2. The minimum atomic E-state index is -0.525. The molecule has 172 valence electrons. The summed E-state index contributed by atoms with van der Waals surface area (Å²) in [7, 11) is 0. The molecule has 1 fully saturated rings. The smallest absolute Gasteiger partial charge is 0.311 e. The van der Waals surface area contributed by atoms with E-state index < -0.39 is 11.8 Å². The van der Waals surface area contributed by atoms with E-state index in [-0.39, 0.29) is 23.9 Å². The number of H-pyrrole nitrogens is 1. The molecule has 0 unspecified atom stereocenters. The van der Waals surface area contributed by atoms with E-state index in [0.717, 1.165) is 29.7 Å². The van der Waals surface area contributed by atoms with Gasteiger partial charge in [0.05, 0.1) is 31.1 Å². The first-order chi connectivity index (χ1) is 16.1. The first-order valence-corrected chi connectivity index (χ1v) is 11.9. The zero-order valence-electron chi connectivity index (χ0n) is 19.1. The second kappa shape index (κ2) is 9.02. The van der Waals surface area contributed by atoms with Gasteiger partial charge in [0.25, 0.3) is 0 Å². The van der Waals surface area contributed by atoms with Crippen LogP contribution < -0.4 is 0 Å². The normalized spacial score (nSPS) is 24.7. The Morgan fingerprint density at radius 1 is 0.970 bits per heavy atom. The van der Waals surface area contributed by atoms with E-state index in [9.17, 15) is 9.59 Å². The summed E-state index contributed by atoms with van der Waals surface area (Å²) in [5, 5.41) is 1.21. The zero-order valence-corrected chi connectivity index (χ0v) is 19.1. The second-order valence-corrected chi connectivity index (χ2v) is 8.83. The van der Waals surface area contributed by atoms with Crippen LogP contribution in [0.2, 0.25) is 0 Å². The van der Waals surface area contributed by atoms with Gasteiger partial charge in [0.2, 0.25) is 0 Å². The predicted octanol–water partition coefficient (Wildman–Crippen LogP) is 4.22. The van der Waals surface area contributed by atoms with Crippen molar-refractivity contribution in [3.05, 3.63) is 71.4 Å². The molecule has 6 nitrogen and oxygen atoms in total. The third-order valence-corrected chi connectivity index (χ3v) is 7.11. The van der Waals surface area contributed by atoms with Gasteiger partial charge in [-0.15, -0.1) is 0 Å². The number of nitrogens with one attached hydrogen (secondary N) is 1. The number of aromatic nitrogens is 1. The second-order valence-electron chi connectivity index (χ2n) is 8.83. The fraction of sp³-hybridized carbons (Fsp3) is 0.407. The van der Waals surface area contributed by atoms with Gasteiger partial charge in [0, 0.05) is 35.6 Å². The zero-order chi connectivity index (χ0) is 22.9. The topological polar surface area (TPSA) is 71.6 Å². The standard InChI is InChI=1S/C27H30N2O4/c1-3-32-26(30)20-16-29-15-14-19-18-12-8-9-13-21(18)28-24(19)25(29)23(27(31)33-4-2)22(20)17-10-6-5-7-11-17/h5-13,20,22-23,25,28H,3-4,14-16H2,1-2H3/t20-,22+,23+,25-/m0/s1. The van der Waals surface area contributed by atoms with Crippen LogP contribution in [0, 0.1) is 11.8 Å². The van der Waals surface area contributed by atoms with Crippen LogP contribution in [-0.2, 0) is 25.5 Å². The van der Waals surface area contributed by atoms with Gasteiger partial charge in [0.15, 0.2) is 0 Å². The molecular formula is C27H30N2O4. The molecule has 3 heterocycles. The van der Waals surface area contributed by atoms with Crippen molar-refractivity contribution >= 4 is 22.8 Å². The molecule has 0 spiro atoms. The number of hydrogen-bond donors (Lipinski definition) is 1. The van der Waals surface area contributed by atoms with Crippen LogP contribution in [-0.4, -0.2) is 48.1 Å². The van der Waals surface area contributed by atoms with Gasteiger partial charge < -0.3 is 14.5 Å². The number of esters is 2. The maximum Gasteiger partial charge on any atom is 0.311 e. The average Bonchev–Trinajstić information content (AvgIpc) is 3.22. The maximum atomic E-state index is 13.6. The van der Waals surface area contributed by atoms with Gasteiger partial charge in [-0.05, 0) is 37.5 Å². The highest BCUT2D eigenvalue weighted by atomic mass is 16.5. The van der Waals surface area contributed by atoms with Crippen LogP contribution in [0.5, 0.6) is 0 Å². The summed E-state index contributed by atoms with van der Waals surface area (Å²) in [6, 6.07) is 18.0. The van der Waals surface area contributed by atoms with Crippen LogP contribution in [0.25, 0.3) is 10.9 Å². The Bertz CT molecular complexity index is 1160. The number of rotatable bonds is 5. The summed E-state index contributed by atoms with van der Waals surface area (Å²) in [6.07, 6.45) is 0.872. The van der Waals surface area contributed by atoms with E-state index in [1.807, 2.05) is 50.2 Å².